The van der Waals surface area contributed by atoms with Crippen LogP contribution in [0.25, 0.3) is 0 Å². The van der Waals surface area contributed by atoms with Gasteiger partial charge < -0.3 is 5.32 Å². The maximum Gasteiger partial charge on any atom is 0.239 e. The molecule has 1 N–H and O–H groups in total. The Hall–Kier alpha value is -1.75. The number of amides is 1. The van der Waals surface area contributed by atoms with E-state index in [1.807, 2.05) is 22.4 Å². The standard InChI is InChI=1S/C15H21N5O3S2/c1-25(22,23)19-8-6-18(7-9-19)12-15(21)17-14-4-5-16-20(14)11-13-3-2-10-24-13/h2-5,10H,6-9,11-12H2,1H3,(H,17,21). The predicted molar refractivity (Wildman–Crippen MR) is 97.1 cm³/mol. The molecule has 0 bridgehead atoms. The number of carbonyl (C=O) groups is 1. The van der Waals surface area contributed by atoms with Gasteiger partial charge in [0.25, 0.3) is 0 Å². The van der Waals surface area contributed by atoms with E-state index in [0.717, 1.165) is 4.88 Å². The third-order valence-electron chi connectivity index (χ3n) is 4.04. The normalized spacial score (nSPS) is 16.8. The second-order valence-electron chi connectivity index (χ2n) is 5.94. The molecule has 8 nitrogen and oxygen atoms in total. The van der Waals surface area contributed by atoms with Gasteiger partial charge in [-0.25, -0.2) is 13.1 Å². The summed E-state index contributed by atoms with van der Waals surface area (Å²) in [6.07, 6.45) is 2.87. The number of anilines is 1. The van der Waals surface area contributed by atoms with Crippen molar-refractivity contribution in [3.8, 4) is 0 Å². The molecule has 0 saturated carbocycles. The smallest absolute Gasteiger partial charge is 0.239 e. The van der Waals surface area contributed by atoms with Crippen molar-refractivity contribution in [1.82, 2.24) is 19.0 Å². The van der Waals surface area contributed by atoms with Gasteiger partial charge in [-0.2, -0.15) is 9.40 Å². The molecule has 1 aliphatic heterocycles. The van der Waals surface area contributed by atoms with E-state index in [0.29, 0.717) is 38.5 Å². The van der Waals surface area contributed by atoms with E-state index in [1.165, 1.54) is 10.6 Å². The summed E-state index contributed by atoms with van der Waals surface area (Å²) in [7, 11) is -3.15. The number of rotatable bonds is 6. The van der Waals surface area contributed by atoms with Crippen LogP contribution >= 0.6 is 11.3 Å². The minimum absolute atomic E-state index is 0.124. The molecular formula is C15H21N5O3S2. The quantitative estimate of drug-likeness (QED) is 0.785. The van der Waals surface area contributed by atoms with E-state index >= 15 is 0 Å². The van der Waals surface area contributed by atoms with Gasteiger partial charge in [0.1, 0.15) is 5.82 Å². The maximum atomic E-state index is 12.3. The first kappa shape index (κ1) is 18.1. The van der Waals surface area contributed by atoms with Gasteiger partial charge >= 0.3 is 0 Å². The van der Waals surface area contributed by atoms with Crippen molar-refractivity contribution in [1.29, 1.82) is 0 Å². The minimum atomic E-state index is -3.15. The van der Waals surface area contributed by atoms with Crippen molar-refractivity contribution in [3.63, 3.8) is 0 Å². The highest BCUT2D eigenvalue weighted by Gasteiger charge is 2.24. The van der Waals surface area contributed by atoms with Crippen LogP contribution in [0.1, 0.15) is 4.88 Å². The summed E-state index contributed by atoms with van der Waals surface area (Å²) in [5.41, 5.74) is 0. The number of piperazine rings is 1. The van der Waals surface area contributed by atoms with Crippen LogP contribution in [0, 0.1) is 0 Å². The molecule has 3 heterocycles. The van der Waals surface area contributed by atoms with Crippen LogP contribution in [0.3, 0.4) is 0 Å². The fourth-order valence-corrected chi connectivity index (χ4v) is 4.23. The molecule has 1 fully saturated rings. The van der Waals surface area contributed by atoms with Crippen molar-refractivity contribution in [2.75, 3.05) is 44.3 Å². The Morgan fingerprint density at radius 1 is 1.28 bits per heavy atom. The van der Waals surface area contributed by atoms with Crippen molar-refractivity contribution < 1.29 is 13.2 Å². The average molecular weight is 383 g/mol. The van der Waals surface area contributed by atoms with Crippen molar-refractivity contribution in [2.24, 2.45) is 0 Å². The van der Waals surface area contributed by atoms with Gasteiger partial charge in [0.2, 0.25) is 15.9 Å². The molecule has 0 radical (unpaired) electrons. The average Bonchev–Trinajstić information content (AvgIpc) is 3.20. The van der Waals surface area contributed by atoms with Crippen molar-refractivity contribution in [2.45, 2.75) is 6.54 Å². The van der Waals surface area contributed by atoms with Crippen LogP contribution in [0.15, 0.2) is 29.8 Å². The van der Waals surface area contributed by atoms with Crippen LogP contribution in [-0.4, -0.2) is 72.3 Å². The van der Waals surface area contributed by atoms with Crippen LogP contribution in [0.4, 0.5) is 5.82 Å². The van der Waals surface area contributed by atoms with Gasteiger partial charge in [0.05, 0.1) is 25.5 Å². The van der Waals surface area contributed by atoms with Crippen LogP contribution in [0.5, 0.6) is 0 Å². The topological polar surface area (TPSA) is 87.5 Å². The SMILES string of the molecule is CS(=O)(=O)N1CCN(CC(=O)Nc2ccnn2Cc2cccs2)CC1. The molecule has 0 aliphatic carbocycles. The van der Waals surface area contributed by atoms with Crippen LogP contribution < -0.4 is 5.32 Å². The van der Waals surface area contributed by atoms with Gasteiger partial charge in [0, 0.05) is 37.1 Å². The van der Waals surface area contributed by atoms with Crippen molar-refractivity contribution >= 4 is 33.1 Å². The third kappa shape index (κ3) is 4.88. The molecule has 3 rings (SSSR count). The molecule has 25 heavy (non-hydrogen) atoms. The fourth-order valence-electron chi connectivity index (χ4n) is 2.72. The first-order valence-corrected chi connectivity index (χ1v) is 10.7. The zero-order valence-corrected chi connectivity index (χ0v) is 15.6. The molecule has 2 aromatic heterocycles. The maximum absolute atomic E-state index is 12.3. The van der Waals surface area contributed by atoms with E-state index in [-0.39, 0.29) is 12.5 Å². The lowest BCUT2D eigenvalue weighted by Crippen LogP contribution is -2.50. The van der Waals surface area contributed by atoms with E-state index < -0.39 is 10.0 Å². The summed E-state index contributed by atoms with van der Waals surface area (Å²) in [5.74, 6) is 0.536. The molecular weight excluding hydrogens is 362 g/mol. The number of hydrogen-bond acceptors (Lipinski definition) is 6. The van der Waals surface area contributed by atoms with E-state index in [1.54, 1.807) is 28.3 Å². The lowest BCUT2D eigenvalue weighted by Gasteiger charge is -2.32. The Balaban J connectivity index is 1.51. The third-order valence-corrected chi connectivity index (χ3v) is 6.20. The summed E-state index contributed by atoms with van der Waals surface area (Å²) in [6, 6.07) is 5.78. The number of nitrogens with one attached hydrogen (secondary N) is 1. The number of aromatic nitrogens is 2. The molecule has 0 aromatic carbocycles. The number of sulfonamides is 1. The van der Waals surface area contributed by atoms with Gasteiger partial charge in [-0.3, -0.25) is 9.69 Å². The molecule has 1 aliphatic rings. The molecule has 0 spiro atoms. The monoisotopic (exact) mass is 383 g/mol. The number of carbonyl (C=O) groups excluding carboxylic acids is 1. The lowest BCUT2D eigenvalue weighted by atomic mass is 10.3. The lowest BCUT2D eigenvalue weighted by molar-refractivity contribution is -0.117. The van der Waals surface area contributed by atoms with Crippen LogP contribution in [0.2, 0.25) is 0 Å². The number of hydrogen-bond donors (Lipinski definition) is 1. The van der Waals surface area contributed by atoms with Gasteiger partial charge in [-0.05, 0) is 11.4 Å². The van der Waals surface area contributed by atoms with Gasteiger partial charge in [-0.1, -0.05) is 6.07 Å². The Kier molecular flexibility index (Phi) is 5.52. The molecule has 10 heteroatoms. The van der Waals surface area contributed by atoms with E-state index in [4.69, 9.17) is 0 Å². The zero-order chi connectivity index (χ0) is 17.9. The summed E-state index contributed by atoms with van der Waals surface area (Å²) in [4.78, 5) is 15.4. The Morgan fingerprint density at radius 2 is 2.04 bits per heavy atom. The van der Waals surface area contributed by atoms with Gasteiger partial charge in [-0.15, -0.1) is 11.3 Å². The molecule has 1 amide bonds. The van der Waals surface area contributed by atoms with Crippen molar-refractivity contribution in [3.05, 3.63) is 34.7 Å². The highest BCUT2D eigenvalue weighted by molar-refractivity contribution is 7.88. The summed E-state index contributed by atoms with van der Waals surface area (Å²) < 4.78 is 26.2. The summed E-state index contributed by atoms with van der Waals surface area (Å²) in [6.45, 7) is 2.80. The Morgan fingerprint density at radius 3 is 2.68 bits per heavy atom. The predicted octanol–water partition coefficient (Wildman–Crippen LogP) is 0.509. The number of nitrogens with zero attached hydrogens (tertiary/aromatic N) is 4. The Labute approximate surface area is 151 Å². The Bertz CT molecular complexity index is 808. The fraction of sp³-hybridized carbons (Fsp3) is 0.467. The first-order chi connectivity index (χ1) is 11.9. The largest absolute Gasteiger partial charge is 0.310 e. The molecule has 0 unspecified atom stereocenters. The molecule has 136 valence electrons. The second kappa shape index (κ2) is 7.65. The molecule has 0 atom stereocenters. The van der Waals surface area contributed by atoms with E-state index in [9.17, 15) is 13.2 Å². The van der Waals surface area contributed by atoms with Crippen LogP contribution in [-0.2, 0) is 21.4 Å². The molecule has 1 saturated heterocycles. The number of thiophene rings is 1. The summed E-state index contributed by atoms with van der Waals surface area (Å²) in [5, 5.41) is 9.14. The van der Waals surface area contributed by atoms with Gasteiger partial charge in [0.15, 0.2) is 0 Å². The van der Waals surface area contributed by atoms with E-state index in [2.05, 4.69) is 10.4 Å². The minimum Gasteiger partial charge on any atom is -0.310 e. The first-order valence-electron chi connectivity index (χ1n) is 7.93. The highest BCUT2D eigenvalue weighted by Crippen LogP contribution is 2.14. The second-order valence-corrected chi connectivity index (χ2v) is 8.95. The highest BCUT2D eigenvalue weighted by atomic mass is 32.2. The molecule has 2 aromatic rings. The summed E-state index contributed by atoms with van der Waals surface area (Å²) >= 11 is 1.64. The zero-order valence-electron chi connectivity index (χ0n) is 14.0.